The minimum Gasteiger partial charge on any atom is -0.330 e. The van der Waals surface area contributed by atoms with Gasteiger partial charge in [-0.05, 0) is 50.1 Å². The second kappa shape index (κ2) is 5.55. The summed E-state index contributed by atoms with van der Waals surface area (Å²) in [6, 6.07) is 7.88. The van der Waals surface area contributed by atoms with Crippen LogP contribution >= 0.6 is 11.6 Å². The van der Waals surface area contributed by atoms with Gasteiger partial charge in [-0.1, -0.05) is 23.7 Å². The molecule has 0 aliphatic rings. The van der Waals surface area contributed by atoms with Gasteiger partial charge in [0.05, 0.1) is 12.2 Å². The number of nitrogens with two attached hydrogens (primary N) is 1. The van der Waals surface area contributed by atoms with Crippen LogP contribution < -0.4 is 5.73 Å². The Morgan fingerprint density at radius 1 is 1.33 bits per heavy atom. The van der Waals surface area contributed by atoms with Gasteiger partial charge in [0, 0.05) is 10.7 Å². The Labute approximate surface area is 113 Å². The van der Waals surface area contributed by atoms with E-state index in [1.54, 1.807) is 0 Å². The summed E-state index contributed by atoms with van der Waals surface area (Å²) in [6.07, 6.45) is 0.882. The lowest BCUT2D eigenvalue weighted by atomic mass is 10.1. The molecule has 1 aromatic heterocycles. The van der Waals surface area contributed by atoms with Gasteiger partial charge < -0.3 is 5.73 Å². The van der Waals surface area contributed by atoms with E-state index in [0.717, 1.165) is 29.2 Å². The van der Waals surface area contributed by atoms with Crippen LogP contribution in [-0.4, -0.2) is 16.3 Å². The summed E-state index contributed by atoms with van der Waals surface area (Å²) >= 11 is 5.99. The Morgan fingerprint density at radius 3 is 2.78 bits per heavy atom. The molecule has 3 nitrogen and oxygen atoms in total. The van der Waals surface area contributed by atoms with Crippen molar-refractivity contribution in [3.8, 4) is 0 Å². The minimum absolute atomic E-state index is 0.657. The van der Waals surface area contributed by atoms with Gasteiger partial charge in [0.25, 0.3) is 0 Å². The zero-order chi connectivity index (χ0) is 13.1. The first-order valence-corrected chi connectivity index (χ1v) is 6.47. The van der Waals surface area contributed by atoms with Gasteiger partial charge in [-0.25, -0.2) is 0 Å². The van der Waals surface area contributed by atoms with E-state index in [4.69, 9.17) is 17.3 Å². The van der Waals surface area contributed by atoms with Crippen molar-refractivity contribution in [2.24, 2.45) is 5.73 Å². The van der Waals surface area contributed by atoms with Crippen LogP contribution in [0.4, 0.5) is 0 Å². The average Bonchev–Trinajstić information content (AvgIpc) is 2.57. The van der Waals surface area contributed by atoms with E-state index in [0.29, 0.717) is 6.54 Å². The van der Waals surface area contributed by atoms with Crippen LogP contribution in [0.3, 0.4) is 0 Å². The van der Waals surface area contributed by atoms with Crippen LogP contribution in [-0.2, 0) is 13.0 Å². The molecular formula is C14H18ClN3. The Morgan fingerprint density at radius 2 is 2.11 bits per heavy atom. The van der Waals surface area contributed by atoms with Crippen molar-refractivity contribution in [3.05, 3.63) is 51.8 Å². The SMILES string of the molecule is Cc1nn(Cc2cccc(Cl)c2)c(C)c1CCN. The smallest absolute Gasteiger partial charge is 0.0663 e. The summed E-state index contributed by atoms with van der Waals surface area (Å²) in [5.41, 5.74) is 10.3. The third kappa shape index (κ3) is 2.74. The molecule has 1 heterocycles. The van der Waals surface area contributed by atoms with E-state index in [9.17, 15) is 0 Å². The first-order chi connectivity index (χ1) is 8.61. The first kappa shape index (κ1) is 13.1. The maximum atomic E-state index is 5.99. The van der Waals surface area contributed by atoms with Gasteiger partial charge in [0.1, 0.15) is 0 Å². The Bertz CT molecular complexity index is 546. The summed E-state index contributed by atoms with van der Waals surface area (Å²) in [6.45, 7) is 5.53. The number of benzene rings is 1. The van der Waals surface area contributed by atoms with E-state index < -0.39 is 0 Å². The van der Waals surface area contributed by atoms with E-state index in [1.807, 2.05) is 29.8 Å². The second-order valence-electron chi connectivity index (χ2n) is 4.48. The van der Waals surface area contributed by atoms with Gasteiger partial charge in [-0.15, -0.1) is 0 Å². The number of aromatic nitrogens is 2. The Kier molecular flexibility index (Phi) is 4.04. The molecular weight excluding hydrogens is 246 g/mol. The van der Waals surface area contributed by atoms with Crippen molar-refractivity contribution in [1.82, 2.24) is 9.78 Å². The number of rotatable bonds is 4. The summed E-state index contributed by atoms with van der Waals surface area (Å²) in [5, 5.41) is 5.33. The molecule has 0 bridgehead atoms. The molecule has 0 amide bonds. The van der Waals surface area contributed by atoms with Crippen LogP contribution in [0.25, 0.3) is 0 Å². The molecule has 1 aromatic carbocycles. The molecule has 0 aliphatic carbocycles. The molecule has 2 rings (SSSR count). The summed E-state index contributed by atoms with van der Waals surface area (Å²) < 4.78 is 2.02. The normalized spacial score (nSPS) is 10.9. The van der Waals surface area contributed by atoms with Crippen LogP contribution in [0.1, 0.15) is 22.5 Å². The van der Waals surface area contributed by atoms with Crippen molar-refractivity contribution in [3.63, 3.8) is 0 Å². The Balaban J connectivity index is 2.27. The lowest BCUT2D eigenvalue weighted by molar-refractivity contribution is 0.658. The van der Waals surface area contributed by atoms with E-state index >= 15 is 0 Å². The van der Waals surface area contributed by atoms with Crippen molar-refractivity contribution >= 4 is 11.6 Å². The highest BCUT2D eigenvalue weighted by Crippen LogP contribution is 2.16. The van der Waals surface area contributed by atoms with Gasteiger partial charge in [0.2, 0.25) is 0 Å². The predicted molar refractivity (Wildman–Crippen MR) is 75.0 cm³/mol. The lowest BCUT2D eigenvalue weighted by Crippen LogP contribution is -2.06. The zero-order valence-electron chi connectivity index (χ0n) is 10.8. The molecule has 2 N–H and O–H groups in total. The first-order valence-electron chi connectivity index (χ1n) is 6.09. The van der Waals surface area contributed by atoms with E-state index in [2.05, 4.69) is 18.1 Å². The zero-order valence-corrected chi connectivity index (χ0v) is 11.5. The van der Waals surface area contributed by atoms with Crippen LogP contribution in [0.15, 0.2) is 24.3 Å². The third-order valence-electron chi connectivity index (χ3n) is 3.15. The fourth-order valence-electron chi connectivity index (χ4n) is 2.20. The van der Waals surface area contributed by atoms with Crippen molar-refractivity contribution < 1.29 is 0 Å². The van der Waals surface area contributed by atoms with Crippen LogP contribution in [0.5, 0.6) is 0 Å². The molecule has 0 spiro atoms. The molecule has 0 saturated carbocycles. The van der Waals surface area contributed by atoms with Gasteiger partial charge in [-0.3, -0.25) is 4.68 Å². The quantitative estimate of drug-likeness (QED) is 0.922. The second-order valence-corrected chi connectivity index (χ2v) is 4.91. The summed E-state index contributed by atoms with van der Waals surface area (Å²) in [7, 11) is 0. The van der Waals surface area contributed by atoms with Crippen molar-refractivity contribution in [2.45, 2.75) is 26.8 Å². The highest BCUT2D eigenvalue weighted by molar-refractivity contribution is 6.30. The monoisotopic (exact) mass is 263 g/mol. The molecule has 96 valence electrons. The molecule has 0 unspecified atom stereocenters. The molecule has 0 aliphatic heterocycles. The van der Waals surface area contributed by atoms with Crippen LogP contribution in [0.2, 0.25) is 5.02 Å². The topological polar surface area (TPSA) is 43.8 Å². The minimum atomic E-state index is 0.657. The van der Waals surface area contributed by atoms with Crippen molar-refractivity contribution in [2.75, 3.05) is 6.54 Å². The number of aryl methyl sites for hydroxylation is 1. The van der Waals surface area contributed by atoms with Crippen molar-refractivity contribution in [1.29, 1.82) is 0 Å². The third-order valence-corrected chi connectivity index (χ3v) is 3.38. The molecule has 0 atom stereocenters. The Hall–Kier alpha value is -1.32. The number of hydrogen-bond donors (Lipinski definition) is 1. The average molecular weight is 264 g/mol. The predicted octanol–water partition coefficient (Wildman–Crippen LogP) is 2.70. The highest BCUT2D eigenvalue weighted by Gasteiger charge is 2.10. The van der Waals surface area contributed by atoms with Gasteiger partial charge >= 0.3 is 0 Å². The lowest BCUT2D eigenvalue weighted by Gasteiger charge is -2.06. The van der Waals surface area contributed by atoms with E-state index in [-0.39, 0.29) is 0 Å². The molecule has 18 heavy (non-hydrogen) atoms. The molecule has 2 aromatic rings. The summed E-state index contributed by atoms with van der Waals surface area (Å²) in [5.74, 6) is 0. The standard InChI is InChI=1S/C14H18ClN3/c1-10-14(6-7-16)11(2)18(17-10)9-12-4-3-5-13(15)8-12/h3-5,8H,6-7,9,16H2,1-2H3. The maximum absolute atomic E-state index is 5.99. The number of nitrogens with zero attached hydrogens (tertiary/aromatic N) is 2. The number of hydrogen-bond acceptors (Lipinski definition) is 2. The molecule has 0 radical (unpaired) electrons. The molecule has 4 heteroatoms. The maximum Gasteiger partial charge on any atom is 0.0663 e. The largest absolute Gasteiger partial charge is 0.330 e. The molecule has 0 saturated heterocycles. The van der Waals surface area contributed by atoms with Crippen LogP contribution in [0, 0.1) is 13.8 Å². The van der Waals surface area contributed by atoms with E-state index in [1.165, 1.54) is 11.3 Å². The fourth-order valence-corrected chi connectivity index (χ4v) is 2.42. The van der Waals surface area contributed by atoms with Gasteiger partial charge in [0.15, 0.2) is 0 Å². The van der Waals surface area contributed by atoms with Gasteiger partial charge in [-0.2, -0.15) is 5.10 Å². The number of halogens is 1. The fraction of sp³-hybridized carbons (Fsp3) is 0.357. The highest BCUT2D eigenvalue weighted by atomic mass is 35.5. The summed E-state index contributed by atoms with van der Waals surface area (Å²) in [4.78, 5) is 0. The molecule has 0 fully saturated rings.